The van der Waals surface area contributed by atoms with E-state index in [-0.39, 0.29) is 35.3 Å². The second-order valence-electron chi connectivity index (χ2n) is 9.82. The van der Waals surface area contributed by atoms with E-state index in [9.17, 15) is 14.4 Å². The molecule has 0 bridgehead atoms. The number of piperidine rings is 1. The van der Waals surface area contributed by atoms with Crippen molar-refractivity contribution in [1.29, 1.82) is 0 Å². The fourth-order valence-corrected chi connectivity index (χ4v) is 5.35. The average Bonchev–Trinajstić information content (AvgIpc) is 3.71. The van der Waals surface area contributed by atoms with Crippen LogP contribution in [-0.4, -0.2) is 47.0 Å². The molecule has 7 nitrogen and oxygen atoms in total. The highest BCUT2D eigenvalue weighted by molar-refractivity contribution is 6.42. The van der Waals surface area contributed by atoms with Crippen LogP contribution >= 0.6 is 23.2 Å². The number of aromatic nitrogens is 1. The first-order valence-corrected chi connectivity index (χ1v) is 13.4. The lowest BCUT2D eigenvalue weighted by Gasteiger charge is -2.36. The van der Waals surface area contributed by atoms with Crippen molar-refractivity contribution in [3.63, 3.8) is 0 Å². The van der Waals surface area contributed by atoms with Crippen LogP contribution in [0, 0.1) is 5.92 Å². The van der Waals surface area contributed by atoms with E-state index in [4.69, 9.17) is 23.2 Å². The fourth-order valence-electron chi connectivity index (χ4n) is 4.92. The summed E-state index contributed by atoms with van der Waals surface area (Å²) in [5, 5.41) is 7.17. The van der Waals surface area contributed by atoms with Crippen molar-refractivity contribution < 1.29 is 9.59 Å². The van der Waals surface area contributed by atoms with Crippen molar-refractivity contribution in [1.82, 2.24) is 20.1 Å². The summed E-state index contributed by atoms with van der Waals surface area (Å²) in [5.41, 5.74) is 2.64. The van der Waals surface area contributed by atoms with Gasteiger partial charge in [0.25, 0.3) is 5.56 Å². The van der Waals surface area contributed by atoms with Gasteiger partial charge in [-0.2, -0.15) is 0 Å². The fraction of sp³-hybridized carbons (Fsp3) is 0.519. The predicted octanol–water partition coefficient (Wildman–Crippen LogP) is 3.65. The molecule has 2 atom stereocenters. The highest BCUT2D eigenvalue weighted by Crippen LogP contribution is 2.37. The smallest absolute Gasteiger partial charge is 0.250 e. The molecule has 1 aromatic carbocycles. The molecule has 2 fully saturated rings. The van der Waals surface area contributed by atoms with Gasteiger partial charge in [0.2, 0.25) is 11.8 Å². The molecule has 194 valence electrons. The van der Waals surface area contributed by atoms with Crippen LogP contribution in [0.15, 0.2) is 35.3 Å². The van der Waals surface area contributed by atoms with Crippen LogP contribution < -0.4 is 16.2 Å². The van der Waals surface area contributed by atoms with Gasteiger partial charge in [0, 0.05) is 51.4 Å². The number of nitrogens with one attached hydrogen (secondary N) is 2. The van der Waals surface area contributed by atoms with Crippen LogP contribution in [0.25, 0.3) is 0 Å². The number of carbonyl (C=O) groups is 2. The second kappa shape index (κ2) is 11.8. The van der Waals surface area contributed by atoms with Crippen molar-refractivity contribution in [3.8, 4) is 0 Å². The third-order valence-corrected chi connectivity index (χ3v) is 8.03. The average molecular weight is 534 g/mol. The summed E-state index contributed by atoms with van der Waals surface area (Å²) in [5.74, 6) is -0.175. The van der Waals surface area contributed by atoms with E-state index in [1.807, 2.05) is 30.0 Å². The Bertz CT molecular complexity index is 1180. The molecular weight excluding hydrogens is 499 g/mol. The van der Waals surface area contributed by atoms with Crippen molar-refractivity contribution in [2.75, 3.05) is 19.6 Å². The van der Waals surface area contributed by atoms with Crippen LogP contribution in [0.2, 0.25) is 10.0 Å². The molecule has 1 aromatic heterocycles. The van der Waals surface area contributed by atoms with Crippen molar-refractivity contribution in [3.05, 3.63) is 67.6 Å². The number of rotatable bonds is 9. The Kier molecular flexibility index (Phi) is 8.75. The number of halogens is 2. The number of nitrogens with zero attached hydrogens (tertiary/aromatic N) is 2. The first-order valence-electron chi connectivity index (χ1n) is 12.7. The van der Waals surface area contributed by atoms with Crippen molar-refractivity contribution >= 4 is 35.0 Å². The molecule has 0 unspecified atom stereocenters. The van der Waals surface area contributed by atoms with Gasteiger partial charge in [-0.1, -0.05) is 36.2 Å². The van der Waals surface area contributed by atoms with Gasteiger partial charge in [-0.05, 0) is 67.0 Å². The normalized spacial score (nSPS) is 19.7. The van der Waals surface area contributed by atoms with Gasteiger partial charge in [0.1, 0.15) is 0 Å². The molecule has 2 amide bonds. The molecule has 1 aliphatic carbocycles. The quantitative estimate of drug-likeness (QED) is 0.516. The first kappa shape index (κ1) is 26.7. The number of benzene rings is 1. The summed E-state index contributed by atoms with van der Waals surface area (Å²) in [6, 6.07) is 7.62. The predicted molar refractivity (Wildman–Crippen MR) is 142 cm³/mol. The number of amides is 2. The molecule has 1 aliphatic heterocycles. The molecular formula is C27H34Cl2N4O3. The van der Waals surface area contributed by atoms with E-state index in [2.05, 4.69) is 10.6 Å². The Hall–Kier alpha value is -2.35. The second-order valence-corrected chi connectivity index (χ2v) is 10.6. The highest BCUT2D eigenvalue weighted by atomic mass is 35.5. The summed E-state index contributed by atoms with van der Waals surface area (Å²) in [4.78, 5) is 39.8. The third-order valence-electron chi connectivity index (χ3n) is 7.19. The Morgan fingerprint density at radius 2 is 1.97 bits per heavy atom. The lowest BCUT2D eigenvalue weighted by molar-refractivity contribution is -0.138. The number of pyridine rings is 1. The topological polar surface area (TPSA) is 83.4 Å². The molecule has 0 spiro atoms. The monoisotopic (exact) mass is 532 g/mol. The van der Waals surface area contributed by atoms with Gasteiger partial charge >= 0.3 is 0 Å². The Morgan fingerprint density at radius 1 is 1.19 bits per heavy atom. The number of carbonyl (C=O) groups excluding carboxylic acids is 2. The van der Waals surface area contributed by atoms with E-state index in [1.54, 1.807) is 23.9 Å². The van der Waals surface area contributed by atoms with Gasteiger partial charge in [0.05, 0.1) is 16.0 Å². The lowest BCUT2D eigenvalue weighted by Crippen LogP contribution is -2.47. The standard InChI is InChI=1S/C27H34Cl2N4O3/c1-3-24(34)31-10-6-17-12-19(26(29)23(28)13-17)16-33(20-4-5-20)27(36)22-15-30-9-7-21(22)18-8-11-32(2)25(35)14-18/h8,11-14,20-22,30H,3-7,9-10,15-16H2,1-2H3,(H,31,34)/t21-,22+/m1/s1. The number of hydrogen-bond donors (Lipinski definition) is 2. The van der Waals surface area contributed by atoms with E-state index in [1.165, 1.54) is 0 Å². The largest absolute Gasteiger partial charge is 0.356 e. The lowest BCUT2D eigenvalue weighted by atomic mass is 9.80. The molecule has 4 rings (SSSR count). The van der Waals surface area contributed by atoms with Gasteiger partial charge in [-0.15, -0.1) is 0 Å². The van der Waals surface area contributed by atoms with E-state index >= 15 is 0 Å². The minimum absolute atomic E-state index is 0.00713. The molecule has 9 heteroatoms. The van der Waals surface area contributed by atoms with E-state index in [0.717, 1.165) is 42.5 Å². The summed E-state index contributed by atoms with van der Waals surface area (Å²) < 4.78 is 1.55. The Labute approximate surface area is 222 Å². The van der Waals surface area contributed by atoms with Crippen LogP contribution in [0.1, 0.15) is 55.2 Å². The Balaban J connectivity index is 1.55. The maximum atomic E-state index is 14.0. The number of aryl methyl sites for hydroxylation is 1. The maximum absolute atomic E-state index is 14.0. The molecule has 36 heavy (non-hydrogen) atoms. The minimum atomic E-state index is -0.256. The van der Waals surface area contributed by atoms with Crippen LogP contribution in [0.4, 0.5) is 0 Å². The molecule has 2 aromatic rings. The van der Waals surface area contributed by atoms with Crippen LogP contribution in [0.5, 0.6) is 0 Å². The molecule has 2 N–H and O–H groups in total. The van der Waals surface area contributed by atoms with Crippen LogP contribution in [0.3, 0.4) is 0 Å². The molecule has 1 saturated carbocycles. The SMILES string of the molecule is CCC(=O)NCCc1cc(Cl)c(Cl)c(CN(C(=O)[C@H]2CNCC[C@@H]2c2ccn(C)c(=O)c2)C2CC2)c1. The minimum Gasteiger partial charge on any atom is -0.356 e. The zero-order valence-electron chi connectivity index (χ0n) is 20.9. The van der Waals surface area contributed by atoms with Crippen LogP contribution in [-0.2, 0) is 29.6 Å². The summed E-state index contributed by atoms with van der Waals surface area (Å²) in [7, 11) is 1.73. The van der Waals surface area contributed by atoms with Gasteiger partial charge in [-0.3, -0.25) is 14.4 Å². The molecule has 2 heterocycles. The molecule has 2 aliphatic rings. The first-order chi connectivity index (χ1) is 17.3. The maximum Gasteiger partial charge on any atom is 0.250 e. The van der Waals surface area contributed by atoms with Gasteiger partial charge in [-0.25, -0.2) is 0 Å². The molecule has 0 radical (unpaired) electrons. The highest BCUT2D eigenvalue weighted by Gasteiger charge is 2.40. The van der Waals surface area contributed by atoms with Gasteiger partial charge < -0.3 is 20.1 Å². The number of hydrogen-bond acceptors (Lipinski definition) is 4. The summed E-state index contributed by atoms with van der Waals surface area (Å²) >= 11 is 13.1. The summed E-state index contributed by atoms with van der Waals surface area (Å²) in [6.07, 6.45) is 5.58. The van der Waals surface area contributed by atoms with Crippen molar-refractivity contribution in [2.45, 2.75) is 57.5 Å². The zero-order valence-corrected chi connectivity index (χ0v) is 22.4. The zero-order chi connectivity index (χ0) is 25.8. The third kappa shape index (κ3) is 6.31. The Morgan fingerprint density at radius 3 is 2.67 bits per heavy atom. The van der Waals surface area contributed by atoms with E-state index in [0.29, 0.717) is 42.5 Å². The summed E-state index contributed by atoms with van der Waals surface area (Å²) in [6.45, 7) is 4.11. The molecule has 1 saturated heterocycles. The van der Waals surface area contributed by atoms with Crippen molar-refractivity contribution in [2.24, 2.45) is 13.0 Å². The van der Waals surface area contributed by atoms with E-state index < -0.39 is 0 Å². The van der Waals surface area contributed by atoms with Gasteiger partial charge in [0.15, 0.2) is 0 Å².